The van der Waals surface area contributed by atoms with Crippen LogP contribution >= 0.6 is 0 Å². The molecule has 1 aliphatic rings. The van der Waals surface area contributed by atoms with Crippen molar-refractivity contribution < 1.29 is 14.3 Å². The van der Waals surface area contributed by atoms with Crippen LogP contribution < -0.4 is 4.74 Å². The lowest BCUT2D eigenvalue weighted by atomic mass is 9.98. The topological polar surface area (TPSA) is 69.5 Å². The molecule has 0 radical (unpaired) electrons. The monoisotopic (exact) mass is 536 g/mol. The summed E-state index contributed by atoms with van der Waals surface area (Å²) >= 11 is 0. The number of aromatic nitrogens is 3. The third kappa shape index (κ3) is 4.95. The molecule has 0 N–H and O–H groups in total. The van der Waals surface area contributed by atoms with Crippen LogP contribution in [0.1, 0.15) is 86.5 Å². The maximum atomic E-state index is 12.8. The quantitative estimate of drug-likeness (QED) is 0.298. The second-order valence-electron chi connectivity index (χ2n) is 12.5. The summed E-state index contributed by atoms with van der Waals surface area (Å²) in [7, 11) is -1.96. The maximum absolute atomic E-state index is 12.8. The van der Waals surface area contributed by atoms with Gasteiger partial charge in [-0.25, -0.2) is 9.78 Å². The normalized spacial score (nSPS) is 16.4. The number of carbonyl (C=O) groups is 1. The van der Waals surface area contributed by atoms with Crippen molar-refractivity contribution in [3.63, 3.8) is 0 Å². The molecule has 1 unspecified atom stereocenters. The van der Waals surface area contributed by atoms with Crippen molar-refractivity contribution in [2.45, 2.75) is 104 Å². The van der Waals surface area contributed by atoms with Crippen LogP contribution in [-0.2, 0) is 11.2 Å². The van der Waals surface area contributed by atoms with Crippen LogP contribution in [0.5, 0.6) is 11.5 Å². The predicted octanol–water partition coefficient (Wildman–Crippen LogP) is 8.10. The molecular weight excluding hydrogens is 492 g/mol. The first-order valence-corrected chi connectivity index (χ1v) is 16.1. The minimum atomic E-state index is -1.96. The molecule has 4 rings (SSSR count). The molecule has 206 valence electrons. The summed E-state index contributed by atoms with van der Waals surface area (Å²) in [6.07, 6.45) is 6.24. The van der Waals surface area contributed by atoms with Gasteiger partial charge in [-0.2, -0.15) is 0 Å². The molecule has 3 aromatic heterocycles. The van der Waals surface area contributed by atoms with E-state index in [1.165, 1.54) is 0 Å². The van der Waals surface area contributed by atoms with E-state index in [0.717, 1.165) is 28.0 Å². The van der Waals surface area contributed by atoms with E-state index in [1.54, 1.807) is 11.1 Å². The smallest absolute Gasteiger partial charge is 0.410 e. The second-order valence-corrected chi connectivity index (χ2v) is 18.2. The summed E-state index contributed by atoms with van der Waals surface area (Å²) in [6.45, 7) is 22.4. The molecule has 1 aliphatic heterocycles. The Labute approximate surface area is 228 Å². The summed E-state index contributed by atoms with van der Waals surface area (Å²) in [4.78, 5) is 24.2. The van der Waals surface area contributed by atoms with Crippen molar-refractivity contribution in [3.05, 3.63) is 48.0 Å². The van der Waals surface area contributed by atoms with Crippen LogP contribution in [0.25, 0.3) is 11.0 Å². The molecule has 1 atom stereocenters. The average Bonchev–Trinajstić information content (AvgIpc) is 3.23. The van der Waals surface area contributed by atoms with Gasteiger partial charge >= 0.3 is 6.09 Å². The Morgan fingerprint density at radius 1 is 1.05 bits per heavy atom. The van der Waals surface area contributed by atoms with Gasteiger partial charge in [-0.1, -0.05) is 41.5 Å². The summed E-state index contributed by atoms with van der Waals surface area (Å²) in [5, 5.41) is 1.01. The van der Waals surface area contributed by atoms with Crippen LogP contribution in [-0.4, -0.2) is 45.6 Å². The fourth-order valence-electron chi connectivity index (χ4n) is 6.65. The Bertz CT molecular complexity index is 1290. The Morgan fingerprint density at radius 3 is 2.32 bits per heavy atom. The molecule has 0 spiro atoms. The summed E-state index contributed by atoms with van der Waals surface area (Å²) in [5.41, 5.74) is 4.12. The number of fused-ring (bicyclic) bond motifs is 2. The standard InChI is InChI=1S/C30H44N4O3Si/c1-19(2)38(20(3)4,21(5)6)34-16-12-24-27(11-14-31-28(24)34)36-23-17-25-22(7)33(15-13-26(25)32-18-23)29(35)37-30(8,9)10/h11-12,14,16-22H,13,15H2,1-10H3. The maximum Gasteiger partial charge on any atom is 0.410 e. The molecule has 0 bridgehead atoms. The lowest BCUT2D eigenvalue weighted by Gasteiger charge is -2.44. The van der Waals surface area contributed by atoms with E-state index in [0.29, 0.717) is 35.3 Å². The van der Waals surface area contributed by atoms with Crippen LogP contribution in [0, 0.1) is 0 Å². The Hall–Kier alpha value is -2.87. The Morgan fingerprint density at radius 2 is 1.71 bits per heavy atom. The summed E-state index contributed by atoms with van der Waals surface area (Å²) < 4.78 is 14.6. The van der Waals surface area contributed by atoms with Gasteiger partial charge < -0.3 is 18.6 Å². The van der Waals surface area contributed by atoms with Crippen LogP contribution in [0.4, 0.5) is 4.79 Å². The highest BCUT2D eigenvalue weighted by Gasteiger charge is 2.46. The fraction of sp³-hybridized carbons (Fsp3) is 0.567. The van der Waals surface area contributed by atoms with Gasteiger partial charge in [0.25, 0.3) is 0 Å². The van der Waals surface area contributed by atoms with Crippen molar-refractivity contribution in [2.75, 3.05) is 6.54 Å². The summed E-state index contributed by atoms with van der Waals surface area (Å²) in [6, 6.07) is 5.93. The zero-order valence-corrected chi connectivity index (χ0v) is 25.7. The van der Waals surface area contributed by atoms with Crippen LogP contribution in [0.3, 0.4) is 0 Å². The molecule has 7 nitrogen and oxygen atoms in total. The molecule has 0 aliphatic carbocycles. The largest absolute Gasteiger partial charge is 0.455 e. The van der Waals surface area contributed by atoms with Crippen molar-refractivity contribution in [2.24, 2.45) is 0 Å². The minimum absolute atomic E-state index is 0.155. The van der Waals surface area contributed by atoms with E-state index in [9.17, 15) is 4.79 Å². The van der Waals surface area contributed by atoms with E-state index >= 15 is 0 Å². The van der Waals surface area contributed by atoms with E-state index in [-0.39, 0.29) is 12.1 Å². The van der Waals surface area contributed by atoms with E-state index in [4.69, 9.17) is 19.4 Å². The van der Waals surface area contributed by atoms with Gasteiger partial charge in [0.1, 0.15) is 22.7 Å². The molecule has 0 saturated carbocycles. The molecule has 4 heterocycles. The Kier molecular flexibility index (Phi) is 7.67. The number of rotatable bonds is 6. The number of pyridine rings is 2. The predicted molar refractivity (Wildman–Crippen MR) is 156 cm³/mol. The third-order valence-corrected chi connectivity index (χ3v) is 14.8. The molecule has 0 fully saturated rings. The number of nitrogens with zero attached hydrogens (tertiary/aromatic N) is 4. The van der Waals surface area contributed by atoms with Gasteiger partial charge in [0.15, 0.2) is 8.24 Å². The number of amides is 1. The molecule has 0 aromatic carbocycles. The number of hydrogen-bond donors (Lipinski definition) is 0. The number of carbonyl (C=O) groups excluding carboxylic acids is 1. The first-order valence-electron chi connectivity index (χ1n) is 13.9. The molecule has 0 saturated heterocycles. The van der Waals surface area contributed by atoms with Gasteiger partial charge in [-0.3, -0.25) is 4.98 Å². The van der Waals surface area contributed by atoms with Gasteiger partial charge in [0.2, 0.25) is 0 Å². The number of hydrogen-bond acceptors (Lipinski definition) is 5. The average molecular weight is 537 g/mol. The van der Waals surface area contributed by atoms with E-state index in [2.05, 4.69) is 58.0 Å². The van der Waals surface area contributed by atoms with Crippen molar-refractivity contribution in [1.82, 2.24) is 19.1 Å². The van der Waals surface area contributed by atoms with Crippen molar-refractivity contribution in [1.29, 1.82) is 0 Å². The zero-order chi connectivity index (χ0) is 28.0. The Balaban J connectivity index is 1.68. The van der Waals surface area contributed by atoms with Gasteiger partial charge in [-0.05, 0) is 74.3 Å². The molecule has 1 amide bonds. The highest BCUT2D eigenvalue weighted by molar-refractivity contribution is 6.82. The summed E-state index contributed by atoms with van der Waals surface area (Å²) in [5.74, 6) is 1.42. The lowest BCUT2D eigenvalue weighted by Crippen LogP contribution is -2.51. The zero-order valence-electron chi connectivity index (χ0n) is 24.7. The second kappa shape index (κ2) is 10.4. The first-order chi connectivity index (χ1) is 17.8. The van der Waals surface area contributed by atoms with Gasteiger partial charge in [-0.15, -0.1) is 0 Å². The molecular formula is C30H44N4O3Si. The van der Waals surface area contributed by atoms with Crippen LogP contribution in [0.2, 0.25) is 16.6 Å². The number of ether oxygens (including phenoxy) is 2. The SMILES string of the molecule is CC1c2cc(Oc3ccnc4c3ccn4[Si](C(C)C)(C(C)C)C(C)C)cnc2CCN1C(=O)OC(C)(C)C. The van der Waals surface area contributed by atoms with Gasteiger partial charge in [0, 0.05) is 24.9 Å². The molecule has 8 heteroatoms. The van der Waals surface area contributed by atoms with Gasteiger partial charge in [0.05, 0.1) is 17.6 Å². The third-order valence-electron chi connectivity index (χ3n) is 8.08. The highest BCUT2D eigenvalue weighted by Crippen LogP contribution is 2.45. The fourth-order valence-corrected chi connectivity index (χ4v) is 13.2. The van der Waals surface area contributed by atoms with E-state index in [1.807, 2.05) is 46.0 Å². The molecule has 3 aromatic rings. The minimum Gasteiger partial charge on any atom is -0.455 e. The highest BCUT2D eigenvalue weighted by atomic mass is 28.3. The van der Waals surface area contributed by atoms with Crippen molar-refractivity contribution in [3.8, 4) is 11.5 Å². The first kappa shape index (κ1) is 28.1. The lowest BCUT2D eigenvalue weighted by molar-refractivity contribution is 0.0158. The van der Waals surface area contributed by atoms with E-state index < -0.39 is 13.8 Å². The van der Waals surface area contributed by atoms with Crippen molar-refractivity contribution >= 4 is 25.4 Å². The molecule has 38 heavy (non-hydrogen) atoms. The van der Waals surface area contributed by atoms with Crippen LogP contribution in [0.15, 0.2) is 36.8 Å².